The van der Waals surface area contributed by atoms with Crippen LogP contribution in [0.4, 0.5) is 0 Å². The molecule has 7 nitrogen and oxygen atoms in total. The first-order valence-corrected chi connectivity index (χ1v) is 10.1. The summed E-state index contributed by atoms with van der Waals surface area (Å²) in [5, 5.41) is 9.44. The van der Waals surface area contributed by atoms with E-state index in [1.165, 1.54) is 17.2 Å². The summed E-state index contributed by atoms with van der Waals surface area (Å²) in [6, 6.07) is 19.5. The quantitative estimate of drug-likeness (QED) is 0.481. The van der Waals surface area contributed by atoms with Crippen LogP contribution in [-0.2, 0) is 12.2 Å². The van der Waals surface area contributed by atoms with E-state index in [0.717, 1.165) is 16.6 Å². The average molecular weight is 405 g/mol. The molecule has 29 heavy (non-hydrogen) atoms. The van der Waals surface area contributed by atoms with Crippen LogP contribution in [-0.4, -0.2) is 24.7 Å². The monoisotopic (exact) mass is 405 g/mol. The topological polar surface area (TPSA) is 96.4 Å². The zero-order valence-electron chi connectivity index (χ0n) is 15.8. The maximum Gasteiger partial charge on any atom is 0.325 e. The number of aromatic amines is 2. The molecule has 8 heteroatoms. The van der Waals surface area contributed by atoms with E-state index in [9.17, 15) is 9.59 Å². The van der Waals surface area contributed by atoms with E-state index in [-0.39, 0.29) is 6.42 Å². The molecule has 2 aromatic carbocycles. The number of H-pyrrole nitrogens is 2. The number of aromatic nitrogens is 5. The van der Waals surface area contributed by atoms with Crippen molar-refractivity contribution in [2.45, 2.75) is 24.3 Å². The molecule has 0 bridgehead atoms. The van der Waals surface area contributed by atoms with Gasteiger partial charge in [-0.25, -0.2) is 4.79 Å². The third-order valence-electron chi connectivity index (χ3n) is 4.37. The van der Waals surface area contributed by atoms with Crippen molar-refractivity contribution in [3.63, 3.8) is 0 Å². The molecule has 0 unspecified atom stereocenters. The van der Waals surface area contributed by atoms with Crippen LogP contribution < -0.4 is 11.2 Å². The van der Waals surface area contributed by atoms with Crippen molar-refractivity contribution in [2.24, 2.45) is 0 Å². The smallest absolute Gasteiger partial charge is 0.311 e. The molecule has 0 amide bonds. The van der Waals surface area contributed by atoms with Gasteiger partial charge in [0.1, 0.15) is 5.82 Å². The summed E-state index contributed by atoms with van der Waals surface area (Å²) in [4.78, 5) is 28.0. The molecule has 4 rings (SSSR count). The fraction of sp³-hybridized carbons (Fsp3) is 0.143. The van der Waals surface area contributed by atoms with Gasteiger partial charge in [0, 0.05) is 29.6 Å². The van der Waals surface area contributed by atoms with Gasteiger partial charge in [0.25, 0.3) is 5.56 Å². The minimum Gasteiger partial charge on any atom is -0.311 e. The van der Waals surface area contributed by atoms with Crippen LogP contribution in [0.2, 0.25) is 0 Å². The van der Waals surface area contributed by atoms with Crippen molar-refractivity contribution < 1.29 is 0 Å². The first-order chi connectivity index (χ1) is 14.1. The number of rotatable bonds is 6. The largest absolute Gasteiger partial charge is 0.325 e. The van der Waals surface area contributed by atoms with Gasteiger partial charge in [-0.3, -0.25) is 14.3 Å². The highest BCUT2D eigenvalue weighted by atomic mass is 32.2. The molecule has 0 radical (unpaired) electrons. The zero-order chi connectivity index (χ0) is 20.2. The molecule has 2 aromatic heterocycles. The molecule has 146 valence electrons. The number of para-hydroxylation sites is 1. The van der Waals surface area contributed by atoms with Crippen molar-refractivity contribution in [1.29, 1.82) is 0 Å². The lowest BCUT2D eigenvalue weighted by molar-refractivity contribution is 0.829. The summed E-state index contributed by atoms with van der Waals surface area (Å²) in [6.07, 6.45) is 0.284. The number of hydrogen-bond acceptors (Lipinski definition) is 5. The van der Waals surface area contributed by atoms with Gasteiger partial charge in [-0.1, -0.05) is 59.8 Å². The van der Waals surface area contributed by atoms with Gasteiger partial charge < -0.3 is 4.98 Å². The standard InChI is InChI=1S/C21H19N5O2S/c1-14-7-9-15(10-8-14)13-29-21-25-24-18(26(21)17-5-3-2-4-6-17)11-16-12-19(27)23-20(28)22-16/h2-10,12H,11,13H2,1H3,(H2,22,23,27,28). The van der Waals surface area contributed by atoms with E-state index in [1.807, 2.05) is 34.9 Å². The maximum atomic E-state index is 11.6. The van der Waals surface area contributed by atoms with Crippen LogP contribution >= 0.6 is 11.8 Å². The van der Waals surface area contributed by atoms with Crippen LogP contribution in [0.15, 0.2) is 75.4 Å². The Morgan fingerprint density at radius 3 is 2.45 bits per heavy atom. The van der Waals surface area contributed by atoms with Gasteiger partial charge in [0.05, 0.1) is 0 Å². The third kappa shape index (κ3) is 4.55. The van der Waals surface area contributed by atoms with Crippen molar-refractivity contribution >= 4 is 11.8 Å². The number of thioether (sulfide) groups is 1. The molecular weight excluding hydrogens is 386 g/mol. The second-order valence-electron chi connectivity index (χ2n) is 6.63. The number of hydrogen-bond donors (Lipinski definition) is 2. The predicted octanol–water partition coefficient (Wildman–Crippen LogP) is 2.84. The highest BCUT2D eigenvalue weighted by Gasteiger charge is 2.15. The fourth-order valence-corrected chi connectivity index (χ4v) is 3.89. The number of benzene rings is 2. The normalized spacial score (nSPS) is 10.9. The van der Waals surface area contributed by atoms with Crippen LogP contribution in [0, 0.1) is 6.92 Å². The highest BCUT2D eigenvalue weighted by molar-refractivity contribution is 7.98. The Balaban J connectivity index is 1.67. The molecule has 0 spiro atoms. The van der Waals surface area contributed by atoms with Crippen molar-refractivity contribution in [3.8, 4) is 5.69 Å². The lowest BCUT2D eigenvalue weighted by Gasteiger charge is -2.10. The van der Waals surface area contributed by atoms with Gasteiger partial charge in [-0.2, -0.15) is 0 Å². The summed E-state index contributed by atoms with van der Waals surface area (Å²) in [5.74, 6) is 1.40. The van der Waals surface area contributed by atoms with E-state index in [1.54, 1.807) is 11.8 Å². The number of nitrogens with zero attached hydrogens (tertiary/aromatic N) is 3. The van der Waals surface area contributed by atoms with Crippen LogP contribution in [0.3, 0.4) is 0 Å². The molecule has 0 aliphatic heterocycles. The summed E-state index contributed by atoms with van der Waals surface area (Å²) in [7, 11) is 0. The van der Waals surface area contributed by atoms with Crippen LogP contribution in [0.5, 0.6) is 0 Å². The Bertz CT molecular complexity index is 1200. The molecule has 0 atom stereocenters. The Morgan fingerprint density at radius 2 is 1.72 bits per heavy atom. The SMILES string of the molecule is Cc1ccc(CSc2nnc(Cc3cc(=O)[nH]c(=O)[nH]3)n2-c2ccccc2)cc1. The molecule has 4 aromatic rings. The van der Waals surface area contributed by atoms with Gasteiger partial charge in [-0.15, -0.1) is 10.2 Å². The Hall–Kier alpha value is -3.39. The Kier molecular flexibility index (Phi) is 5.44. The zero-order valence-corrected chi connectivity index (χ0v) is 16.6. The number of aryl methyl sites for hydroxylation is 1. The summed E-state index contributed by atoms with van der Waals surface area (Å²) in [5.41, 5.74) is 2.85. The highest BCUT2D eigenvalue weighted by Crippen LogP contribution is 2.26. The lowest BCUT2D eigenvalue weighted by atomic mass is 10.2. The van der Waals surface area contributed by atoms with E-state index in [4.69, 9.17) is 0 Å². The maximum absolute atomic E-state index is 11.6. The Labute approximate surface area is 170 Å². The minimum absolute atomic E-state index is 0.284. The van der Waals surface area contributed by atoms with Gasteiger partial charge in [0.15, 0.2) is 5.16 Å². The molecule has 0 saturated heterocycles. The van der Waals surface area contributed by atoms with Gasteiger partial charge in [0.2, 0.25) is 0 Å². The van der Waals surface area contributed by atoms with Crippen LogP contribution in [0.25, 0.3) is 5.69 Å². The van der Waals surface area contributed by atoms with Crippen molar-refractivity contribution in [1.82, 2.24) is 24.7 Å². The van der Waals surface area contributed by atoms with Gasteiger partial charge in [-0.05, 0) is 24.6 Å². The predicted molar refractivity (Wildman–Crippen MR) is 113 cm³/mol. The minimum atomic E-state index is -0.535. The molecule has 2 N–H and O–H groups in total. The first-order valence-electron chi connectivity index (χ1n) is 9.09. The van der Waals surface area contributed by atoms with Crippen molar-refractivity contribution in [2.75, 3.05) is 0 Å². The molecule has 0 saturated carbocycles. The van der Waals surface area contributed by atoms with Crippen LogP contribution in [0.1, 0.15) is 22.6 Å². The van der Waals surface area contributed by atoms with Gasteiger partial charge >= 0.3 is 5.69 Å². The van der Waals surface area contributed by atoms with E-state index in [0.29, 0.717) is 11.5 Å². The number of nitrogens with one attached hydrogen (secondary N) is 2. The Morgan fingerprint density at radius 1 is 0.966 bits per heavy atom. The van der Waals surface area contributed by atoms with E-state index < -0.39 is 11.2 Å². The second-order valence-corrected chi connectivity index (χ2v) is 7.58. The third-order valence-corrected chi connectivity index (χ3v) is 5.37. The fourth-order valence-electron chi connectivity index (χ4n) is 2.96. The summed E-state index contributed by atoms with van der Waals surface area (Å²) in [6.45, 7) is 2.06. The molecule has 0 aliphatic rings. The molecule has 2 heterocycles. The summed E-state index contributed by atoms with van der Waals surface area (Å²) < 4.78 is 1.96. The van der Waals surface area contributed by atoms with Crippen molar-refractivity contribution in [3.05, 3.63) is 104 Å². The van der Waals surface area contributed by atoms with E-state index in [2.05, 4.69) is 51.4 Å². The summed E-state index contributed by atoms with van der Waals surface area (Å²) >= 11 is 1.59. The molecule has 0 aliphatic carbocycles. The second kappa shape index (κ2) is 8.32. The van der Waals surface area contributed by atoms with E-state index >= 15 is 0 Å². The molecule has 0 fully saturated rings. The first kappa shape index (κ1) is 18.9. The molecular formula is C21H19N5O2S. The average Bonchev–Trinajstić information content (AvgIpc) is 3.10. The lowest BCUT2D eigenvalue weighted by Crippen LogP contribution is -2.23.